The van der Waals surface area contributed by atoms with Gasteiger partial charge in [-0.15, -0.1) is 0 Å². The van der Waals surface area contributed by atoms with Crippen LogP contribution in [0.2, 0.25) is 0 Å². The smallest absolute Gasteiger partial charge is 0.142 e. The lowest BCUT2D eigenvalue weighted by Gasteiger charge is -1.91. The molecule has 0 aliphatic carbocycles. The van der Waals surface area contributed by atoms with E-state index in [4.69, 9.17) is 0 Å². The minimum Gasteiger partial charge on any atom is -0.232 e. The average molecular weight is 121 g/mol. The molecule has 0 amide bonds. The van der Waals surface area contributed by atoms with Gasteiger partial charge in [0, 0.05) is 0 Å². The Morgan fingerprint density at radius 1 is 1.71 bits per heavy atom. The maximum Gasteiger partial charge on any atom is 0.142 e. The molecule has 2 nitrogen and oxygen atoms in total. The lowest BCUT2D eigenvalue weighted by atomic mass is 10.4. The Morgan fingerprint density at radius 3 is 2.14 bits per heavy atom. The molecule has 0 aliphatic heterocycles. The van der Waals surface area contributed by atoms with Gasteiger partial charge in [-0.2, -0.15) is 0 Å². The average Bonchev–Trinajstić information content (AvgIpc) is 1.65. The fraction of sp³-hybridized carbons (Fsp3) is 0.750. The van der Waals surface area contributed by atoms with Crippen molar-refractivity contribution >= 4 is 10.7 Å². The molecular weight excluding hydrogens is 112 g/mol. The van der Waals surface area contributed by atoms with Gasteiger partial charge in [0.05, 0.1) is 5.25 Å². The van der Waals surface area contributed by atoms with Crippen LogP contribution in [0.5, 0.6) is 0 Å². The summed E-state index contributed by atoms with van der Waals surface area (Å²) in [5, 5.41) is -0.255. The summed E-state index contributed by atoms with van der Waals surface area (Å²) in [4.78, 5) is 0. The third kappa shape index (κ3) is 2.62. The topological polar surface area (TPSA) is 34.1 Å². The fourth-order valence-corrected chi connectivity index (χ4v) is 0.316. The Balaban J connectivity index is 3.57. The summed E-state index contributed by atoms with van der Waals surface area (Å²) in [7, 11) is -2.22. The largest absolute Gasteiger partial charge is 0.232 e. The summed E-state index contributed by atoms with van der Waals surface area (Å²) in [6, 6.07) is 0. The van der Waals surface area contributed by atoms with Gasteiger partial charge in [-0.3, -0.25) is 0 Å². The highest BCUT2D eigenvalue weighted by Gasteiger charge is 1.96. The third-order valence-electron chi connectivity index (χ3n) is 0.778. The fourth-order valence-electron chi connectivity index (χ4n) is 0.105. The summed E-state index contributed by atoms with van der Waals surface area (Å²) in [6.07, 6.45) is 0.471. The molecule has 1 radical (unpaired) electrons. The highest BCUT2D eigenvalue weighted by Crippen LogP contribution is 1.90. The zero-order valence-corrected chi connectivity index (χ0v) is 5.15. The van der Waals surface area contributed by atoms with Crippen LogP contribution in [-0.4, -0.2) is 13.7 Å². The maximum absolute atomic E-state index is 9.93. The molecule has 7 heavy (non-hydrogen) atoms. The molecule has 0 aromatic heterocycles. The van der Waals surface area contributed by atoms with Crippen molar-refractivity contribution in [1.29, 1.82) is 0 Å². The second kappa shape index (κ2) is 3.02. The van der Waals surface area contributed by atoms with Crippen molar-refractivity contribution in [3.63, 3.8) is 0 Å². The Bertz CT molecular complexity index is 98.3. The van der Waals surface area contributed by atoms with E-state index < -0.39 is 10.7 Å². The Morgan fingerprint density at radius 2 is 2.14 bits per heavy atom. The molecule has 0 heterocycles. The van der Waals surface area contributed by atoms with Gasteiger partial charge in [0.1, 0.15) is 10.7 Å². The molecule has 0 rings (SSSR count). The van der Waals surface area contributed by atoms with Gasteiger partial charge in [0.2, 0.25) is 0 Å². The summed E-state index contributed by atoms with van der Waals surface area (Å²) >= 11 is 0. The molecule has 43 valence electrons. The maximum atomic E-state index is 9.93. The Kier molecular flexibility index (Phi) is 3.00. The lowest BCUT2D eigenvalue weighted by molar-refractivity contribution is 0.603. The molecule has 0 aromatic carbocycles. The van der Waals surface area contributed by atoms with Crippen LogP contribution in [0.15, 0.2) is 0 Å². The second-order valence-corrected chi connectivity index (χ2v) is 2.88. The van der Waals surface area contributed by atoms with Gasteiger partial charge >= 0.3 is 0 Å². The van der Waals surface area contributed by atoms with E-state index in [9.17, 15) is 8.42 Å². The van der Waals surface area contributed by atoms with Gasteiger partial charge in [-0.25, -0.2) is 8.42 Å². The van der Waals surface area contributed by atoms with Gasteiger partial charge in [-0.1, -0.05) is 6.92 Å². The van der Waals surface area contributed by atoms with E-state index >= 15 is 0 Å². The molecule has 1 atom stereocenters. The SMILES string of the molecule is [CH2]CC(C)[SH](=O)=O. The van der Waals surface area contributed by atoms with Crippen LogP contribution in [0.25, 0.3) is 0 Å². The molecule has 0 spiro atoms. The zero-order valence-electron chi connectivity index (χ0n) is 4.26. The number of rotatable bonds is 2. The van der Waals surface area contributed by atoms with Crippen LogP contribution in [0.4, 0.5) is 0 Å². The Hall–Kier alpha value is -0.0500. The molecule has 0 saturated heterocycles. The van der Waals surface area contributed by atoms with E-state index in [1.165, 1.54) is 0 Å². The molecule has 0 N–H and O–H groups in total. The minimum atomic E-state index is -2.22. The van der Waals surface area contributed by atoms with E-state index in [1.807, 2.05) is 0 Å². The molecule has 0 fully saturated rings. The molecule has 0 saturated carbocycles. The normalized spacial score (nSPS) is 14.7. The van der Waals surface area contributed by atoms with Crippen LogP contribution < -0.4 is 0 Å². The van der Waals surface area contributed by atoms with Crippen molar-refractivity contribution in [1.82, 2.24) is 0 Å². The quantitative estimate of drug-likeness (QED) is 0.530. The van der Waals surface area contributed by atoms with Crippen LogP contribution >= 0.6 is 0 Å². The summed E-state index contributed by atoms with van der Waals surface area (Å²) in [6.45, 7) is 5.06. The van der Waals surface area contributed by atoms with Gasteiger partial charge in [0.25, 0.3) is 0 Å². The van der Waals surface area contributed by atoms with Crippen molar-refractivity contribution in [2.75, 3.05) is 0 Å². The van der Waals surface area contributed by atoms with Crippen LogP contribution in [0.1, 0.15) is 13.3 Å². The number of thiol groups is 1. The van der Waals surface area contributed by atoms with E-state index in [0.29, 0.717) is 6.42 Å². The third-order valence-corrected chi connectivity index (χ3v) is 1.76. The first-order chi connectivity index (χ1) is 3.18. The second-order valence-electron chi connectivity index (χ2n) is 1.42. The predicted molar refractivity (Wildman–Crippen MR) is 29.8 cm³/mol. The summed E-state index contributed by atoms with van der Waals surface area (Å²) in [5.41, 5.74) is 0. The Labute approximate surface area is 45.5 Å². The molecule has 3 heteroatoms. The van der Waals surface area contributed by atoms with E-state index in [1.54, 1.807) is 6.92 Å². The van der Waals surface area contributed by atoms with E-state index in [0.717, 1.165) is 0 Å². The van der Waals surface area contributed by atoms with Crippen LogP contribution in [0, 0.1) is 6.92 Å². The van der Waals surface area contributed by atoms with Crippen molar-refractivity contribution in [2.24, 2.45) is 0 Å². The highest BCUT2D eigenvalue weighted by molar-refractivity contribution is 7.73. The standard InChI is InChI=1S/C4H9O2S/c1-3-4(2)7(5)6/h4,7H,1,3H2,2H3. The molecule has 0 aliphatic rings. The van der Waals surface area contributed by atoms with Crippen molar-refractivity contribution in [3.8, 4) is 0 Å². The van der Waals surface area contributed by atoms with E-state index in [-0.39, 0.29) is 5.25 Å². The van der Waals surface area contributed by atoms with Crippen LogP contribution in [0.3, 0.4) is 0 Å². The zero-order chi connectivity index (χ0) is 5.86. The summed E-state index contributed by atoms with van der Waals surface area (Å²) < 4.78 is 19.9. The minimum absolute atomic E-state index is 0.255. The molecule has 1 unspecified atom stereocenters. The predicted octanol–water partition coefficient (Wildman–Crippen LogP) is 0.210. The van der Waals surface area contributed by atoms with Gasteiger partial charge in [-0.05, 0) is 13.3 Å². The lowest BCUT2D eigenvalue weighted by Crippen LogP contribution is -1.99. The number of hydrogen-bond acceptors (Lipinski definition) is 2. The monoisotopic (exact) mass is 121 g/mol. The van der Waals surface area contributed by atoms with Crippen LogP contribution in [-0.2, 0) is 10.7 Å². The summed E-state index contributed by atoms with van der Waals surface area (Å²) in [5.74, 6) is 0. The molecule has 0 bridgehead atoms. The van der Waals surface area contributed by atoms with Gasteiger partial charge < -0.3 is 0 Å². The molecular formula is C4H9O2S. The first-order valence-corrected chi connectivity index (χ1v) is 3.36. The number of hydrogen-bond donors (Lipinski definition) is 1. The van der Waals surface area contributed by atoms with Crippen molar-refractivity contribution < 1.29 is 8.42 Å². The first-order valence-electron chi connectivity index (χ1n) is 2.11. The van der Waals surface area contributed by atoms with Gasteiger partial charge in [0.15, 0.2) is 0 Å². The first kappa shape index (κ1) is 6.95. The molecule has 0 aromatic rings. The highest BCUT2D eigenvalue weighted by atomic mass is 32.2. The van der Waals surface area contributed by atoms with E-state index in [2.05, 4.69) is 6.92 Å². The van der Waals surface area contributed by atoms with Crippen molar-refractivity contribution in [2.45, 2.75) is 18.6 Å². The van der Waals surface area contributed by atoms with Crippen molar-refractivity contribution in [3.05, 3.63) is 6.92 Å².